The summed E-state index contributed by atoms with van der Waals surface area (Å²) >= 11 is 5.92. The number of benzene rings is 1. The number of hydrogen-bond donors (Lipinski definition) is 2. The van der Waals surface area contributed by atoms with E-state index in [0.29, 0.717) is 12.0 Å². The second-order valence-corrected chi connectivity index (χ2v) is 6.60. The molecule has 1 aromatic rings. The molecule has 0 radical (unpaired) electrons. The molecular weight excluding hydrogens is 270 g/mol. The average Bonchev–Trinajstić information content (AvgIpc) is 2.44. The van der Waals surface area contributed by atoms with Crippen molar-refractivity contribution in [2.75, 3.05) is 13.2 Å². The highest BCUT2D eigenvalue weighted by Crippen LogP contribution is 2.38. The fourth-order valence-corrected chi connectivity index (χ4v) is 3.06. The molecule has 0 spiro atoms. The molecule has 0 unspecified atom stereocenters. The van der Waals surface area contributed by atoms with Crippen molar-refractivity contribution in [3.8, 4) is 0 Å². The third kappa shape index (κ3) is 3.55. The van der Waals surface area contributed by atoms with Crippen LogP contribution >= 0.6 is 11.6 Å². The van der Waals surface area contributed by atoms with E-state index in [0.717, 1.165) is 24.4 Å². The second kappa shape index (κ2) is 6.93. The van der Waals surface area contributed by atoms with Crippen LogP contribution in [0.15, 0.2) is 24.3 Å². The summed E-state index contributed by atoms with van der Waals surface area (Å²) in [6.45, 7) is 5.53. The number of hydrogen-bond acceptors (Lipinski definition) is 2. The molecule has 1 saturated carbocycles. The van der Waals surface area contributed by atoms with Crippen LogP contribution in [0.4, 0.5) is 0 Å². The van der Waals surface area contributed by atoms with E-state index in [1.165, 1.54) is 18.4 Å². The molecule has 3 heteroatoms. The van der Waals surface area contributed by atoms with Gasteiger partial charge >= 0.3 is 0 Å². The van der Waals surface area contributed by atoms with Gasteiger partial charge in [-0.05, 0) is 49.3 Å². The maximum Gasteiger partial charge on any atom is 0.0499 e. The Morgan fingerprint density at radius 3 is 2.30 bits per heavy atom. The number of nitrogens with one attached hydrogen (secondary N) is 1. The van der Waals surface area contributed by atoms with E-state index in [-0.39, 0.29) is 12.0 Å². The molecular formula is C17H26ClNO. The Balaban J connectivity index is 1.78. The molecule has 0 aliphatic heterocycles. The van der Waals surface area contributed by atoms with Crippen LogP contribution in [-0.2, 0) is 0 Å². The van der Waals surface area contributed by atoms with Crippen LogP contribution in [0, 0.1) is 5.41 Å². The Bertz CT molecular complexity index is 399. The summed E-state index contributed by atoms with van der Waals surface area (Å²) in [4.78, 5) is 0. The monoisotopic (exact) mass is 295 g/mol. The van der Waals surface area contributed by atoms with E-state index >= 15 is 0 Å². The number of aliphatic hydroxyl groups excluding tert-OH is 1. The molecule has 0 atom stereocenters. The Hall–Kier alpha value is -0.570. The maximum atomic E-state index is 9.58. The predicted octanol–water partition coefficient (Wildman–Crippen LogP) is 3.97. The SMILES string of the molecule is CCC(CC)(CO)CNC1CC(c2ccc(Cl)cc2)C1. The van der Waals surface area contributed by atoms with Crippen molar-refractivity contribution in [3.63, 3.8) is 0 Å². The quantitative estimate of drug-likeness (QED) is 0.797. The van der Waals surface area contributed by atoms with Gasteiger partial charge in [0.05, 0.1) is 0 Å². The number of rotatable bonds is 7. The smallest absolute Gasteiger partial charge is 0.0499 e. The minimum absolute atomic E-state index is 0.0609. The van der Waals surface area contributed by atoms with E-state index in [9.17, 15) is 5.11 Å². The molecule has 1 fully saturated rings. The Kier molecular flexibility index (Phi) is 5.48. The molecule has 2 nitrogen and oxygen atoms in total. The second-order valence-electron chi connectivity index (χ2n) is 6.16. The first-order valence-corrected chi connectivity index (χ1v) is 8.10. The lowest BCUT2D eigenvalue weighted by Crippen LogP contribution is -2.46. The summed E-state index contributed by atoms with van der Waals surface area (Å²) in [5.41, 5.74) is 1.46. The van der Waals surface area contributed by atoms with Crippen molar-refractivity contribution in [2.45, 2.75) is 51.5 Å². The number of halogens is 1. The standard InChI is InChI=1S/C17H26ClNO/c1-3-17(4-2,12-20)11-19-16-9-14(10-16)13-5-7-15(18)8-6-13/h5-8,14,16,19-20H,3-4,9-12H2,1-2H3. The van der Waals surface area contributed by atoms with Crippen molar-refractivity contribution in [3.05, 3.63) is 34.9 Å². The summed E-state index contributed by atoms with van der Waals surface area (Å²) in [6.07, 6.45) is 4.44. The molecule has 2 rings (SSSR count). The van der Waals surface area contributed by atoms with Crippen molar-refractivity contribution in [2.24, 2.45) is 5.41 Å². The molecule has 112 valence electrons. The van der Waals surface area contributed by atoms with Crippen molar-refractivity contribution in [1.29, 1.82) is 0 Å². The first-order chi connectivity index (χ1) is 9.62. The molecule has 1 aliphatic carbocycles. The van der Waals surface area contributed by atoms with Crippen LogP contribution in [0.1, 0.15) is 51.0 Å². The molecule has 0 heterocycles. The molecule has 2 N–H and O–H groups in total. The van der Waals surface area contributed by atoms with Gasteiger partial charge in [0.25, 0.3) is 0 Å². The first-order valence-electron chi connectivity index (χ1n) is 7.72. The van der Waals surface area contributed by atoms with Gasteiger partial charge in [-0.2, -0.15) is 0 Å². The lowest BCUT2D eigenvalue weighted by atomic mass is 9.75. The Morgan fingerprint density at radius 2 is 1.80 bits per heavy atom. The minimum Gasteiger partial charge on any atom is -0.396 e. The van der Waals surface area contributed by atoms with Gasteiger partial charge in [0.15, 0.2) is 0 Å². The van der Waals surface area contributed by atoms with Crippen LogP contribution < -0.4 is 5.32 Å². The lowest BCUT2D eigenvalue weighted by Gasteiger charge is -2.39. The number of aliphatic hydroxyl groups is 1. The summed E-state index contributed by atoms with van der Waals surface area (Å²) < 4.78 is 0. The predicted molar refractivity (Wildman–Crippen MR) is 85.3 cm³/mol. The van der Waals surface area contributed by atoms with Gasteiger partial charge in [0, 0.05) is 29.6 Å². The first kappa shape index (κ1) is 15.8. The Morgan fingerprint density at radius 1 is 1.20 bits per heavy atom. The lowest BCUT2D eigenvalue weighted by molar-refractivity contribution is 0.103. The average molecular weight is 296 g/mol. The van der Waals surface area contributed by atoms with E-state index in [2.05, 4.69) is 31.3 Å². The minimum atomic E-state index is 0.0609. The summed E-state index contributed by atoms with van der Waals surface area (Å²) in [6, 6.07) is 8.82. The zero-order chi connectivity index (χ0) is 14.6. The van der Waals surface area contributed by atoms with Gasteiger partial charge in [-0.15, -0.1) is 0 Å². The molecule has 0 saturated heterocycles. The highest BCUT2D eigenvalue weighted by atomic mass is 35.5. The van der Waals surface area contributed by atoms with E-state index in [4.69, 9.17) is 11.6 Å². The largest absolute Gasteiger partial charge is 0.396 e. The molecule has 0 amide bonds. The summed E-state index contributed by atoms with van der Waals surface area (Å²) in [7, 11) is 0. The van der Waals surface area contributed by atoms with Gasteiger partial charge in [-0.25, -0.2) is 0 Å². The van der Waals surface area contributed by atoms with Crippen molar-refractivity contribution >= 4 is 11.6 Å². The molecule has 1 aliphatic rings. The zero-order valence-corrected chi connectivity index (χ0v) is 13.3. The van der Waals surface area contributed by atoms with Crippen LogP contribution in [0.2, 0.25) is 5.02 Å². The molecule has 1 aromatic carbocycles. The third-order valence-electron chi connectivity index (χ3n) is 5.08. The van der Waals surface area contributed by atoms with Crippen LogP contribution in [0.3, 0.4) is 0 Å². The fraction of sp³-hybridized carbons (Fsp3) is 0.647. The maximum absolute atomic E-state index is 9.58. The fourth-order valence-electron chi connectivity index (χ4n) is 2.93. The zero-order valence-electron chi connectivity index (χ0n) is 12.5. The topological polar surface area (TPSA) is 32.3 Å². The van der Waals surface area contributed by atoms with Crippen molar-refractivity contribution < 1.29 is 5.11 Å². The molecule has 0 aromatic heterocycles. The third-order valence-corrected chi connectivity index (χ3v) is 5.33. The van der Waals surface area contributed by atoms with Crippen LogP contribution in [0.5, 0.6) is 0 Å². The van der Waals surface area contributed by atoms with Gasteiger partial charge in [-0.3, -0.25) is 0 Å². The van der Waals surface area contributed by atoms with Crippen LogP contribution in [-0.4, -0.2) is 24.3 Å². The van der Waals surface area contributed by atoms with Gasteiger partial charge in [0.1, 0.15) is 0 Å². The highest BCUT2D eigenvalue weighted by Gasteiger charge is 2.32. The normalized spacial score (nSPS) is 22.6. The van der Waals surface area contributed by atoms with E-state index in [1.807, 2.05) is 12.1 Å². The van der Waals surface area contributed by atoms with Gasteiger partial charge < -0.3 is 10.4 Å². The Labute approximate surface area is 127 Å². The summed E-state index contributed by atoms with van der Waals surface area (Å²) in [5, 5.41) is 14.0. The summed E-state index contributed by atoms with van der Waals surface area (Å²) in [5.74, 6) is 0.663. The van der Waals surface area contributed by atoms with Gasteiger partial charge in [0.2, 0.25) is 0 Å². The molecule has 20 heavy (non-hydrogen) atoms. The van der Waals surface area contributed by atoms with Gasteiger partial charge in [-0.1, -0.05) is 37.6 Å². The van der Waals surface area contributed by atoms with Crippen LogP contribution in [0.25, 0.3) is 0 Å². The highest BCUT2D eigenvalue weighted by molar-refractivity contribution is 6.30. The van der Waals surface area contributed by atoms with Crippen molar-refractivity contribution in [1.82, 2.24) is 5.32 Å². The molecule has 0 bridgehead atoms. The van der Waals surface area contributed by atoms with E-state index in [1.54, 1.807) is 0 Å². The van der Waals surface area contributed by atoms with E-state index < -0.39 is 0 Å².